The molecule has 3 aromatic rings. The van der Waals surface area contributed by atoms with Crippen LogP contribution >= 0.6 is 11.8 Å². The molecule has 0 aliphatic carbocycles. The molecule has 4 nitrogen and oxygen atoms in total. The lowest BCUT2D eigenvalue weighted by Gasteiger charge is -2.14. The smallest absolute Gasteiger partial charge is 0.166 e. The molecule has 2 aromatic carbocycles. The fourth-order valence-electron chi connectivity index (χ4n) is 2.90. The molecule has 0 saturated carbocycles. The molecule has 0 aliphatic heterocycles. The fourth-order valence-corrected chi connectivity index (χ4v) is 3.70. The lowest BCUT2D eigenvalue weighted by atomic mass is 9.98. The molecule has 0 spiro atoms. The third-order valence-corrected chi connectivity index (χ3v) is 5.49. The average molecular weight is 408 g/mol. The first kappa shape index (κ1) is 20.9. The molecule has 0 bridgehead atoms. The van der Waals surface area contributed by atoms with Crippen LogP contribution in [0.1, 0.15) is 41.8 Å². The molecular weight excluding hydrogens is 382 g/mol. The van der Waals surface area contributed by atoms with Crippen molar-refractivity contribution in [3.63, 3.8) is 0 Å². The number of hydrogen-bond donors (Lipinski definition) is 1. The lowest BCUT2D eigenvalue weighted by molar-refractivity contribution is 0.0965. The Balaban J connectivity index is 1.64. The Labute approximate surface area is 176 Å². The maximum atomic E-state index is 12.3. The number of carbonyl (C=O) groups is 1. The van der Waals surface area contributed by atoms with Crippen molar-refractivity contribution < 1.29 is 14.6 Å². The SMILES string of the molecule is Cc1c(OCc2ccc(Sc3ccncc3)cc2)ccc(C(=O)CC(C)C)c1O. The van der Waals surface area contributed by atoms with Gasteiger partial charge in [-0.1, -0.05) is 37.7 Å². The van der Waals surface area contributed by atoms with Crippen molar-refractivity contribution in [1.29, 1.82) is 0 Å². The second-order valence-corrected chi connectivity index (χ2v) is 8.47. The summed E-state index contributed by atoms with van der Waals surface area (Å²) in [4.78, 5) is 18.6. The molecule has 3 rings (SSSR count). The predicted octanol–water partition coefficient (Wildman–Crippen LogP) is 6.05. The highest BCUT2D eigenvalue weighted by molar-refractivity contribution is 7.99. The Morgan fingerprint density at radius 3 is 2.34 bits per heavy atom. The minimum Gasteiger partial charge on any atom is -0.507 e. The molecule has 0 aliphatic rings. The first-order valence-corrected chi connectivity index (χ1v) is 10.4. The molecule has 0 saturated heterocycles. The molecule has 0 amide bonds. The monoisotopic (exact) mass is 407 g/mol. The highest BCUT2D eigenvalue weighted by atomic mass is 32.2. The quantitative estimate of drug-likeness (QED) is 0.460. The van der Waals surface area contributed by atoms with Crippen LogP contribution in [0.15, 0.2) is 70.7 Å². The molecule has 1 aromatic heterocycles. The van der Waals surface area contributed by atoms with Gasteiger partial charge >= 0.3 is 0 Å². The van der Waals surface area contributed by atoms with Crippen LogP contribution in [0.25, 0.3) is 0 Å². The van der Waals surface area contributed by atoms with Crippen molar-refractivity contribution in [3.8, 4) is 11.5 Å². The van der Waals surface area contributed by atoms with Crippen LogP contribution in [0.3, 0.4) is 0 Å². The van der Waals surface area contributed by atoms with Crippen LogP contribution in [0.4, 0.5) is 0 Å². The second-order valence-electron chi connectivity index (χ2n) is 7.32. The summed E-state index contributed by atoms with van der Waals surface area (Å²) < 4.78 is 5.89. The van der Waals surface area contributed by atoms with Crippen molar-refractivity contribution in [2.45, 2.75) is 43.6 Å². The predicted molar refractivity (Wildman–Crippen MR) is 116 cm³/mol. The number of phenolic OH excluding ortho intramolecular Hbond substituents is 1. The van der Waals surface area contributed by atoms with Gasteiger partial charge in [0.25, 0.3) is 0 Å². The summed E-state index contributed by atoms with van der Waals surface area (Å²) in [6.45, 7) is 6.13. The molecule has 1 N–H and O–H groups in total. The van der Waals surface area contributed by atoms with E-state index in [1.54, 1.807) is 43.2 Å². The Hall–Kier alpha value is -2.79. The van der Waals surface area contributed by atoms with Gasteiger partial charge in [0.15, 0.2) is 5.78 Å². The number of benzene rings is 2. The first-order chi connectivity index (χ1) is 13.9. The highest BCUT2D eigenvalue weighted by Crippen LogP contribution is 2.32. The number of aromatic hydroxyl groups is 1. The van der Waals surface area contributed by atoms with E-state index in [1.165, 1.54) is 0 Å². The summed E-state index contributed by atoms with van der Waals surface area (Å²) in [5, 5.41) is 10.4. The van der Waals surface area contributed by atoms with Gasteiger partial charge in [0, 0.05) is 34.2 Å². The van der Waals surface area contributed by atoms with Gasteiger partial charge in [-0.3, -0.25) is 9.78 Å². The zero-order chi connectivity index (χ0) is 20.8. The summed E-state index contributed by atoms with van der Waals surface area (Å²) in [5.74, 6) is 0.795. The van der Waals surface area contributed by atoms with E-state index in [1.807, 2.05) is 38.1 Å². The molecule has 1 heterocycles. The number of ether oxygens (including phenoxy) is 1. The number of nitrogens with zero attached hydrogens (tertiary/aromatic N) is 1. The Morgan fingerprint density at radius 2 is 1.69 bits per heavy atom. The van der Waals surface area contributed by atoms with E-state index < -0.39 is 0 Å². The summed E-state index contributed by atoms with van der Waals surface area (Å²) in [6, 6.07) is 15.5. The maximum absolute atomic E-state index is 12.3. The van der Waals surface area contributed by atoms with E-state index >= 15 is 0 Å². The van der Waals surface area contributed by atoms with Gasteiger partial charge in [0.2, 0.25) is 0 Å². The summed E-state index contributed by atoms with van der Waals surface area (Å²) in [5.41, 5.74) is 1.98. The molecule has 0 fully saturated rings. The zero-order valence-corrected chi connectivity index (χ0v) is 17.7. The number of pyridine rings is 1. The molecule has 150 valence electrons. The number of Topliss-reactive ketones (excluding diaryl/α,β-unsaturated/α-hetero) is 1. The van der Waals surface area contributed by atoms with Crippen LogP contribution in [-0.4, -0.2) is 15.9 Å². The Bertz CT molecular complexity index is 969. The highest BCUT2D eigenvalue weighted by Gasteiger charge is 2.17. The standard InChI is InChI=1S/C24H25NO3S/c1-16(2)14-22(26)21-8-9-23(17(3)24(21)27)28-15-18-4-6-19(7-5-18)29-20-10-12-25-13-11-20/h4-13,16,27H,14-15H2,1-3H3. The van der Waals surface area contributed by atoms with Gasteiger partial charge in [-0.25, -0.2) is 0 Å². The van der Waals surface area contributed by atoms with E-state index in [0.29, 0.717) is 29.9 Å². The van der Waals surface area contributed by atoms with E-state index in [2.05, 4.69) is 17.1 Å². The molecule has 0 atom stereocenters. The van der Waals surface area contributed by atoms with Crippen molar-refractivity contribution in [2.75, 3.05) is 0 Å². The number of hydrogen-bond acceptors (Lipinski definition) is 5. The van der Waals surface area contributed by atoms with Crippen LogP contribution in [0.2, 0.25) is 0 Å². The topological polar surface area (TPSA) is 59.4 Å². The first-order valence-electron chi connectivity index (χ1n) is 9.59. The van der Waals surface area contributed by atoms with Crippen molar-refractivity contribution in [3.05, 3.63) is 77.6 Å². The largest absolute Gasteiger partial charge is 0.507 e. The molecule has 29 heavy (non-hydrogen) atoms. The van der Waals surface area contributed by atoms with E-state index in [-0.39, 0.29) is 17.5 Å². The summed E-state index contributed by atoms with van der Waals surface area (Å²) in [7, 11) is 0. The lowest BCUT2D eigenvalue weighted by Crippen LogP contribution is -2.05. The van der Waals surface area contributed by atoms with Crippen LogP contribution in [-0.2, 0) is 6.61 Å². The van der Waals surface area contributed by atoms with Crippen LogP contribution in [0, 0.1) is 12.8 Å². The zero-order valence-electron chi connectivity index (χ0n) is 16.9. The second kappa shape index (κ2) is 9.61. The minimum atomic E-state index is -0.0468. The third-order valence-electron chi connectivity index (χ3n) is 4.48. The number of ketones is 1. The van der Waals surface area contributed by atoms with Gasteiger partial charge in [0.1, 0.15) is 18.1 Å². The maximum Gasteiger partial charge on any atom is 0.166 e. The van der Waals surface area contributed by atoms with E-state index in [4.69, 9.17) is 4.74 Å². The van der Waals surface area contributed by atoms with E-state index in [0.717, 1.165) is 15.4 Å². The molecule has 5 heteroatoms. The minimum absolute atomic E-state index is 0.0113. The Kier molecular flexibility index (Phi) is 6.94. The molecular formula is C24H25NO3S. The van der Waals surface area contributed by atoms with Gasteiger partial charge in [0.05, 0.1) is 5.56 Å². The van der Waals surface area contributed by atoms with Crippen LogP contribution < -0.4 is 4.74 Å². The average Bonchev–Trinajstić information content (AvgIpc) is 2.70. The number of phenols is 1. The number of aromatic nitrogens is 1. The number of carbonyl (C=O) groups excluding carboxylic acids is 1. The van der Waals surface area contributed by atoms with Crippen molar-refractivity contribution in [1.82, 2.24) is 4.98 Å². The summed E-state index contributed by atoms with van der Waals surface area (Å²) >= 11 is 1.68. The van der Waals surface area contributed by atoms with Gasteiger partial charge in [-0.2, -0.15) is 0 Å². The van der Waals surface area contributed by atoms with Crippen molar-refractivity contribution in [2.24, 2.45) is 5.92 Å². The summed E-state index contributed by atoms with van der Waals surface area (Å²) in [6.07, 6.45) is 3.98. The van der Waals surface area contributed by atoms with Gasteiger partial charge in [-0.05, 0) is 54.8 Å². The third kappa shape index (κ3) is 5.61. The van der Waals surface area contributed by atoms with Crippen LogP contribution in [0.5, 0.6) is 11.5 Å². The van der Waals surface area contributed by atoms with Gasteiger partial charge in [-0.15, -0.1) is 0 Å². The molecule has 0 unspecified atom stereocenters. The molecule has 0 radical (unpaired) electrons. The number of rotatable bonds is 8. The normalized spacial score (nSPS) is 10.9. The van der Waals surface area contributed by atoms with Gasteiger partial charge < -0.3 is 9.84 Å². The fraction of sp³-hybridized carbons (Fsp3) is 0.250. The van der Waals surface area contributed by atoms with E-state index in [9.17, 15) is 9.90 Å². The van der Waals surface area contributed by atoms with Crippen molar-refractivity contribution >= 4 is 17.5 Å². The Morgan fingerprint density at radius 1 is 1.03 bits per heavy atom.